The highest BCUT2D eigenvalue weighted by Crippen LogP contribution is 2.20. The molecule has 1 aromatic carbocycles. The van der Waals surface area contributed by atoms with Crippen LogP contribution in [0.2, 0.25) is 0 Å². The molecule has 4 heterocycles. The topological polar surface area (TPSA) is 84.8 Å². The molecule has 156 valence electrons. The fraction of sp³-hybridized carbons (Fsp3) is 0.381. The summed E-state index contributed by atoms with van der Waals surface area (Å²) in [5, 5.41) is 4.62. The number of rotatable bonds is 6. The van der Waals surface area contributed by atoms with Crippen LogP contribution in [0.3, 0.4) is 0 Å². The lowest BCUT2D eigenvalue weighted by Gasteiger charge is -2.38. The number of fused-ring (bicyclic) bond motifs is 1. The van der Waals surface area contributed by atoms with Gasteiger partial charge in [0.1, 0.15) is 11.6 Å². The fourth-order valence-electron chi connectivity index (χ4n) is 3.73. The number of imidazole rings is 1. The average molecular weight is 411 g/mol. The zero-order chi connectivity index (χ0) is 20.5. The largest absolute Gasteiger partial charge is 0.377 e. The molecular formula is C21H22FN5O3. The van der Waals surface area contributed by atoms with Gasteiger partial charge in [-0.3, -0.25) is 9.69 Å². The maximum Gasteiger partial charge on any atom is 0.277 e. The van der Waals surface area contributed by atoms with E-state index in [1.165, 1.54) is 12.1 Å². The van der Waals surface area contributed by atoms with Crippen molar-refractivity contribution in [3.05, 3.63) is 69.9 Å². The first kappa shape index (κ1) is 19.1. The Balaban J connectivity index is 1.22. The lowest BCUT2D eigenvalue weighted by atomic mass is 10.1. The lowest BCUT2D eigenvalue weighted by molar-refractivity contribution is -0.0668. The van der Waals surface area contributed by atoms with Crippen molar-refractivity contribution in [2.75, 3.05) is 26.3 Å². The number of likely N-dealkylation sites (tertiary alicyclic amines) is 1. The summed E-state index contributed by atoms with van der Waals surface area (Å²) in [5.74, 6) is 1.04. The zero-order valence-corrected chi connectivity index (χ0v) is 16.4. The van der Waals surface area contributed by atoms with Gasteiger partial charge in [-0.05, 0) is 29.7 Å². The Morgan fingerprint density at radius 1 is 1.27 bits per heavy atom. The van der Waals surface area contributed by atoms with Crippen LogP contribution in [-0.4, -0.2) is 56.9 Å². The smallest absolute Gasteiger partial charge is 0.277 e. The molecule has 2 aliphatic heterocycles. The minimum atomic E-state index is -0.249. The summed E-state index contributed by atoms with van der Waals surface area (Å²) in [6.45, 7) is 3.68. The molecule has 0 bridgehead atoms. The quantitative estimate of drug-likeness (QED) is 0.666. The van der Waals surface area contributed by atoms with Crippen LogP contribution in [-0.2, 0) is 22.6 Å². The molecule has 1 saturated heterocycles. The number of aromatic amines is 1. The Hall–Kier alpha value is -2.88. The lowest BCUT2D eigenvalue weighted by Crippen LogP contribution is -2.51. The number of benzene rings is 1. The molecule has 8 nitrogen and oxygen atoms in total. The highest BCUT2D eigenvalue weighted by atomic mass is 19.1. The minimum absolute atomic E-state index is 0.113. The predicted octanol–water partition coefficient (Wildman–Crippen LogP) is 1.76. The molecule has 1 N–H and O–H groups in total. The summed E-state index contributed by atoms with van der Waals surface area (Å²) in [5.41, 5.74) is 2.23. The molecule has 0 radical (unpaired) electrons. The van der Waals surface area contributed by atoms with E-state index in [-0.39, 0.29) is 17.5 Å². The molecule has 3 aromatic rings. The number of halogens is 1. The summed E-state index contributed by atoms with van der Waals surface area (Å²) in [4.78, 5) is 21.9. The monoisotopic (exact) mass is 411 g/mol. The van der Waals surface area contributed by atoms with Crippen molar-refractivity contribution in [3.8, 4) is 0 Å². The van der Waals surface area contributed by atoms with E-state index in [2.05, 4.69) is 20.0 Å². The molecule has 0 saturated carbocycles. The van der Waals surface area contributed by atoms with Crippen molar-refractivity contribution in [3.63, 3.8) is 0 Å². The molecule has 5 rings (SSSR count). The Kier molecular flexibility index (Phi) is 5.16. The van der Waals surface area contributed by atoms with E-state index in [1.807, 2.05) is 6.08 Å². The van der Waals surface area contributed by atoms with Crippen LogP contribution in [0.25, 0.3) is 11.1 Å². The van der Waals surface area contributed by atoms with E-state index >= 15 is 0 Å². The zero-order valence-electron chi connectivity index (χ0n) is 16.4. The summed E-state index contributed by atoms with van der Waals surface area (Å²) in [7, 11) is 0. The van der Waals surface area contributed by atoms with E-state index in [9.17, 15) is 9.18 Å². The molecule has 0 atom stereocenters. The van der Waals surface area contributed by atoms with Gasteiger partial charge in [0.15, 0.2) is 11.3 Å². The second-order valence-corrected chi connectivity index (χ2v) is 7.59. The first-order valence-corrected chi connectivity index (χ1v) is 9.98. The van der Waals surface area contributed by atoms with Gasteiger partial charge in [0.2, 0.25) is 0 Å². The normalized spacial score (nSPS) is 17.8. The summed E-state index contributed by atoms with van der Waals surface area (Å²) in [6, 6.07) is 6.33. The van der Waals surface area contributed by atoms with E-state index in [1.54, 1.807) is 22.8 Å². The summed E-state index contributed by atoms with van der Waals surface area (Å²) in [6.07, 6.45) is 4.41. The number of hydrogen-bond acceptors (Lipinski definition) is 6. The highest BCUT2D eigenvalue weighted by Gasteiger charge is 2.28. The third-order valence-corrected chi connectivity index (χ3v) is 5.40. The van der Waals surface area contributed by atoms with Crippen molar-refractivity contribution < 1.29 is 13.9 Å². The second-order valence-electron chi connectivity index (χ2n) is 7.59. The minimum Gasteiger partial charge on any atom is -0.377 e. The van der Waals surface area contributed by atoms with Gasteiger partial charge in [-0.1, -0.05) is 18.2 Å². The first-order chi connectivity index (χ1) is 14.7. The number of ether oxygens (including phenoxy) is 2. The van der Waals surface area contributed by atoms with Gasteiger partial charge in [0, 0.05) is 13.1 Å². The molecular weight excluding hydrogens is 389 g/mol. The number of aromatic nitrogens is 4. The Labute approximate surface area is 171 Å². The van der Waals surface area contributed by atoms with E-state index in [0.717, 1.165) is 30.6 Å². The Bertz CT molecular complexity index is 1130. The van der Waals surface area contributed by atoms with Crippen LogP contribution in [0.5, 0.6) is 0 Å². The Morgan fingerprint density at radius 2 is 2.10 bits per heavy atom. The van der Waals surface area contributed by atoms with Crippen LogP contribution in [0.4, 0.5) is 4.39 Å². The Morgan fingerprint density at radius 3 is 2.87 bits per heavy atom. The van der Waals surface area contributed by atoms with Crippen molar-refractivity contribution in [1.82, 2.24) is 24.5 Å². The number of nitrogens with one attached hydrogen (secondary N) is 1. The van der Waals surface area contributed by atoms with Crippen molar-refractivity contribution >= 4 is 11.1 Å². The third kappa shape index (κ3) is 3.91. The van der Waals surface area contributed by atoms with E-state index in [0.29, 0.717) is 43.5 Å². The molecule has 0 unspecified atom stereocenters. The molecule has 30 heavy (non-hydrogen) atoms. The maximum atomic E-state index is 13.0. The second kappa shape index (κ2) is 8.10. The van der Waals surface area contributed by atoms with Gasteiger partial charge < -0.3 is 14.5 Å². The van der Waals surface area contributed by atoms with Crippen LogP contribution < -0.4 is 5.56 Å². The average Bonchev–Trinajstić information content (AvgIpc) is 3.16. The van der Waals surface area contributed by atoms with E-state index in [4.69, 9.17) is 9.47 Å². The number of H-pyrrole nitrogens is 1. The van der Waals surface area contributed by atoms with Crippen LogP contribution in [0.15, 0.2) is 41.3 Å². The van der Waals surface area contributed by atoms with Gasteiger partial charge in [-0.2, -0.15) is 5.10 Å². The van der Waals surface area contributed by atoms with Gasteiger partial charge in [0.05, 0.1) is 38.7 Å². The van der Waals surface area contributed by atoms with Crippen LogP contribution in [0, 0.1) is 5.82 Å². The summed E-state index contributed by atoms with van der Waals surface area (Å²) < 4.78 is 25.8. The van der Waals surface area contributed by atoms with Gasteiger partial charge in [0.25, 0.3) is 5.56 Å². The maximum absolute atomic E-state index is 13.0. The molecule has 1 fully saturated rings. The van der Waals surface area contributed by atoms with E-state index < -0.39 is 0 Å². The fourth-order valence-corrected chi connectivity index (χ4v) is 3.73. The van der Waals surface area contributed by atoms with Gasteiger partial charge in [-0.25, -0.2) is 13.9 Å². The molecule has 9 heteroatoms. The SMILES string of the molecule is O=c1[nH]c(CN2CC(OCc3ccc(F)cc3)C2)nn2c(C3=CCOCC3)ncc12. The molecule has 0 spiro atoms. The van der Waals surface area contributed by atoms with Crippen LogP contribution >= 0.6 is 0 Å². The molecule has 0 aliphatic carbocycles. The highest BCUT2D eigenvalue weighted by molar-refractivity contribution is 5.64. The standard InChI is InChI=1S/C21H22FN5O3/c22-16-3-1-14(2-4-16)13-30-17-10-26(11-17)12-19-24-21(28)18-9-23-20(27(18)25-19)15-5-7-29-8-6-15/h1-5,9,17H,6-8,10-13H2,(H,24,25,28). The third-order valence-electron chi connectivity index (χ3n) is 5.40. The van der Waals surface area contributed by atoms with Crippen LogP contribution in [0.1, 0.15) is 23.6 Å². The predicted molar refractivity (Wildman–Crippen MR) is 107 cm³/mol. The van der Waals surface area contributed by atoms with Crippen molar-refractivity contribution in [2.45, 2.75) is 25.7 Å². The van der Waals surface area contributed by atoms with Gasteiger partial charge in [-0.15, -0.1) is 0 Å². The molecule has 2 aliphatic rings. The number of nitrogens with zero attached hydrogens (tertiary/aromatic N) is 4. The molecule has 0 amide bonds. The van der Waals surface area contributed by atoms with Gasteiger partial charge >= 0.3 is 0 Å². The summed E-state index contributed by atoms with van der Waals surface area (Å²) >= 11 is 0. The van der Waals surface area contributed by atoms with Crippen molar-refractivity contribution in [1.29, 1.82) is 0 Å². The first-order valence-electron chi connectivity index (χ1n) is 9.98. The number of hydrogen-bond donors (Lipinski definition) is 1. The van der Waals surface area contributed by atoms with Crippen molar-refractivity contribution in [2.24, 2.45) is 0 Å². The molecule has 2 aromatic heterocycles.